The molecule has 5 heteroatoms. The molecule has 26 heavy (non-hydrogen) atoms. The van der Waals surface area contributed by atoms with Gasteiger partial charge < -0.3 is 10.0 Å². The lowest BCUT2D eigenvalue weighted by atomic mass is 9.98. The minimum Gasteiger partial charge on any atom is -0.396 e. The average molecular weight is 378 g/mol. The Balaban J connectivity index is 1.57. The first-order valence-corrected chi connectivity index (χ1v) is 10.2. The minimum atomic E-state index is 0.259. The van der Waals surface area contributed by atoms with Crippen LogP contribution >= 0.6 is 11.6 Å². The van der Waals surface area contributed by atoms with Crippen molar-refractivity contribution in [3.63, 3.8) is 0 Å². The molecule has 1 aromatic carbocycles. The summed E-state index contributed by atoms with van der Waals surface area (Å²) in [5.74, 6) is 0. The van der Waals surface area contributed by atoms with Crippen LogP contribution in [0.2, 0.25) is 0 Å². The summed E-state index contributed by atoms with van der Waals surface area (Å²) in [6, 6.07) is 11.3. The van der Waals surface area contributed by atoms with Crippen molar-refractivity contribution in [2.24, 2.45) is 0 Å². The van der Waals surface area contributed by atoms with E-state index in [1.54, 1.807) is 0 Å². The van der Waals surface area contributed by atoms with E-state index in [1.807, 2.05) is 18.2 Å². The van der Waals surface area contributed by atoms with Crippen molar-refractivity contribution in [3.8, 4) is 0 Å². The van der Waals surface area contributed by atoms with Gasteiger partial charge in [0, 0.05) is 49.9 Å². The summed E-state index contributed by atoms with van der Waals surface area (Å²) < 4.78 is 0. The van der Waals surface area contributed by atoms with Gasteiger partial charge in [0.1, 0.15) is 0 Å². The van der Waals surface area contributed by atoms with E-state index in [9.17, 15) is 5.11 Å². The number of halogens is 1. The van der Waals surface area contributed by atoms with Gasteiger partial charge in [-0.25, -0.2) is 0 Å². The predicted molar refractivity (Wildman–Crippen MR) is 109 cm³/mol. The van der Waals surface area contributed by atoms with Crippen molar-refractivity contribution in [2.45, 2.75) is 31.3 Å². The van der Waals surface area contributed by atoms with Gasteiger partial charge in [-0.15, -0.1) is 0 Å². The van der Waals surface area contributed by atoms with E-state index < -0.39 is 0 Å². The van der Waals surface area contributed by atoms with Crippen LogP contribution in [0.25, 0.3) is 6.08 Å². The second kappa shape index (κ2) is 9.86. The highest BCUT2D eigenvalue weighted by atomic mass is 35.5. The average Bonchev–Trinajstić information content (AvgIpc) is 2.64. The summed E-state index contributed by atoms with van der Waals surface area (Å²) >= 11 is 6.53. The number of aliphatic hydroxyl groups is 1. The van der Waals surface area contributed by atoms with Crippen molar-refractivity contribution in [3.05, 3.63) is 40.9 Å². The molecule has 1 aromatic rings. The van der Waals surface area contributed by atoms with Crippen molar-refractivity contribution in [1.82, 2.24) is 14.7 Å². The van der Waals surface area contributed by atoms with Crippen LogP contribution in [0.5, 0.6) is 0 Å². The van der Waals surface area contributed by atoms with Gasteiger partial charge in [-0.1, -0.05) is 41.9 Å². The lowest BCUT2D eigenvalue weighted by Crippen LogP contribution is -2.58. The number of hydrogen-bond acceptors (Lipinski definition) is 4. The molecule has 0 aromatic heterocycles. The summed E-state index contributed by atoms with van der Waals surface area (Å²) in [5.41, 5.74) is 1.15. The third-order valence-electron chi connectivity index (χ3n) is 5.73. The molecule has 0 aliphatic carbocycles. The van der Waals surface area contributed by atoms with E-state index in [-0.39, 0.29) is 6.61 Å². The molecule has 0 spiro atoms. The molecule has 0 amide bonds. The molecule has 2 fully saturated rings. The van der Waals surface area contributed by atoms with Crippen LogP contribution in [-0.4, -0.2) is 84.8 Å². The summed E-state index contributed by atoms with van der Waals surface area (Å²) in [4.78, 5) is 7.52. The zero-order valence-electron chi connectivity index (χ0n) is 15.9. The predicted octanol–water partition coefficient (Wildman–Crippen LogP) is 2.73. The van der Waals surface area contributed by atoms with Gasteiger partial charge in [-0.2, -0.15) is 0 Å². The SMILES string of the molecule is CN1CCC(N2CCN(C/C(Cl)=C/c3ccccc3)C[C@H]2CCO)CC1. The molecule has 0 saturated carbocycles. The first-order valence-electron chi connectivity index (χ1n) is 9.84. The van der Waals surface area contributed by atoms with Gasteiger partial charge in [0.15, 0.2) is 0 Å². The van der Waals surface area contributed by atoms with E-state index in [0.717, 1.165) is 43.2 Å². The van der Waals surface area contributed by atoms with Crippen molar-refractivity contribution < 1.29 is 5.11 Å². The fourth-order valence-electron chi connectivity index (χ4n) is 4.28. The highest BCUT2D eigenvalue weighted by Crippen LogP contribution is 2.24. The third-order valence-corrected chi connectivity index (χ3v) is 5.96. The third kappa shape index (κ3) is 5.54. The van der Waals surface area contributed by atoms with Gasteiger partial charge >= 0.3 is 0 Å². The number of likely N-dealkylation sites (tertiary alicyclic amines) is 1. The zero-order valence-corrected chi connectivity index (χ0v) is 16.6. The highest BCUT2D eigenvalue weighted by molar-refractivity contribution is 6.31. The number of piperazine rings is 1. The summed E-state index contributed by atoms with van der Waals surface area (Å²) in [6.07, 6.45) is 5.40. The van der Waals surface area contributed by atoms with E-state index in [2.05, 4.69) is 40.0 Å². The molecule has 2 saturated heterocycles. The van der Waals surface area contributed by atoms with E-state index >= 15 is 0 Å². The van der Waals surface area contributed by atoms with Crippen LogP contribution in [0.1, 0.15) is 24.8 Å². The number of benzene rings is 1. The van der Waals surface area contributed by atoms with Crippen LogP contribution in [0.4, 0.5) is 0 Å². The maximum atomic E-state index is 9.55. The maximum absolute atomic E-state index is 9.55. The molecule has 0 bridgehead atoms. The van der Waals surface area contributed by atoms with Crippen LogP contribution in [0.15, 0.2) is 35.4 Å². The second-order valence-electron chi connectivity index (χ2n) is 7.68. The lowest BCUT2D eigenvalue weighted by molar-refractivity contribution is 0.0119. The zero-order chi connectivity index (χ0) is 18.4. The van der Waals surface area contributed by atoms with Gasteiger partial charge in [-0.3, -0.25) is 9.80 Å². The number of aliphatic hydroxyl groups excluding tert-OH is 1. The van der Waals surface area contributed by atoms with Crippen LogP contribution in [-0.2, 0) is 0 Å². The number of piperidine rings is 1. The molecule has 3 rings (SSSR count). The Kier molecular flexibility index (Phi) is 7.52. The van der Waals surface area contributed by atoms with Crippen molar-refractivity contribution in [1.29, 1.82) is 0 Å². The van der Waals surface area contributed by atoms with Gasteiger partial charge in [0.2, 0.25) is 0 Å². The fourth-order valence-corrected chi connectivity index (χ4v) is 4.58. The molecule has 144 valence electrons. The molecule has 0 unspecified atom stereocenters. The molecule has 1 atom stereocenters. The van der Waals surface area contributed by atoms with Gasteiger partial charge in [-0.05, 0) is 51.0 Å². The van der Waals surface area contributed by atoms with Crippen LogP contribution < -0.4 is 0 Å². The minimum absolute atomic E-state index is 0.259. The smallest absolute Gasteiger partial charge is 0.0446 e. The molecule has 4 nitrogen and oxygen atoms in total. The van der Waals surface area contributed by atoms with Crippen LogP contribution in [0, 0.1) is 0 Å². The fraction of sp³-hybridized carbons (Fsp3) is 0.619. The maximum Gasteiger partial charge on any atom is 0.0446 e. The Bertz CT molecular complexity index is 572. The molecule has 2 aliphatic rings. The second-order valence-corrected chi connectivity index (χ2v) is 8.16. The number of nitrogens with zero attached hydrogens (tertiary/aromatic N) is 3. The highest BCUT2D eigenvalue weighted by Gasteiger charge is 2.33. The molecular formula is C21H32ClN3O. The largest absolute Gasteiger partial charge is 0.396 e. The Morgan fingerprint density at radius 1 is 1.15 bits per heavy atom. The molecule has 2 aliphatic heterocycles. The first kappa shape index (κ1) is 19.8. The van der Waals surface area contributed by atoms with Crippen molar-refractivity contribution >= 4 is 17.7 Å². The van der Waals surface area contributed by atoms with Crippen molar-refractivity contribution in [2.75, 3.05) is 52.9 Å². The molecular weight excluding hydrogens is 346 g/mol. The van der Waals surface area contributed by atoms with Gasteiger partial charge in [0.05, 0.1) is 0 Å². The Labute approximate surface area is 163 Å². The first-order chi connectivity index (χ1) is 12.7. The normalized spacial score (nSPS) is 24.9. The Hall–Kier alpha value is -0.910. The topological polar surface area (TPSA) is 30.0 Å². The summed E-state index contributed by atoms with van der Waals surface area (Å²) in [6.45, 7) is 6.53. The number of rotatable bonds is 6. The Morgan fingerprint density at radius 2 is 1.88 bits per heavy atom. The monoisotopic (exact) mass is 377 g/mol. The molecule has 1 N–H and O–H groups in total. The van der Waals surface area contributed by atoms with Gasteiger partial charge in [0.25, 0.3) is 0 Å². The summed E-state index contributed by atoms with van der Waals surface area (Å²) in [5, 5.41) is 10.4. The quantitative estimate of drug-likeness (QED) is 0.825. The molecule has 0 radical (unpaired) electrons. The van der Waals surface area contributed by atoms with E-state index in [1.165, 1.54) is 25.9 Å². The standard InChI is InChI=1S/C21H32ClN3O/c1-23-10-7-20(8-11-23)25-13-12-24(17-21(25)9-14-26)16-19(22)15-18-5-3-2-4-6-18/h2-6,15,20-21,26H,7-14,16-17H2,1H3/b19-15-/t21-/m1/s1. The van der Waals surface area contributed by atoms with E-state index in [4.69, 9.17) is 11.6 Å². The Morgan fingerprint density at radius 3 is 2.58 bits per heavy atom. The number of hydrogen-bond donors (Lipinski definition) is 1. The summed E-state index contributed by atoms with van der Waals surface area (Å²) in [7, 11) is 2.21. The van der Waals surface area contributed by atoms with Crippen LogP contribution in [0.3, 0.4) is 0 Å². The van der Waals surface area contributed by atoms with E-state index in [0.29, 0.717) is 12.1 Å². The molecule has 2 heterocycles. The lowest BCUT2D eigenvalue weighted by Gasteiger charge is -2.47.